The molecule has 0 spiro atoms. The van der Waals surface area contributed by atoms with Crippen LogP contribution >= 0.6 is 0 Å². The molecule has 3 aromatic rings. The van der Waals surface area contributed by atoms with E-state index in [-0.39, 0.29) is 5.91 Å². The maximum atomic E-state index is 13.4. The molecule has 0 bridgehead atoms. The van der Waals surface area contributed by atoms with Gasteiger partial charge < -0.3 is 24.7 Å². The number of carbonyl (C=O) groups is 3. The largest absolute Gasteiger partial charge is 0.478 e. The number of amides is 1. The SMILES string of the molecule is Cc1[nH]cnc1CN1CCc2c(c3ccccc3n2C2CCCC2)C1=O.O=C(O)C=CC(=O)O. The van der Waals surface area contributed by atoms with Gasteiger partial charge in [-0.25, -0.2) is 14.6 Å². The van der Waals surface area contributed by atoms with Crippen LogP contribution in [0.5, 0.6) is 0 Å². The van der Waals surface area contributed by atoms with Crippen molar-refractivity contribution in [2.75, 3.05) is 6.54 Å². The van der Waals surface area contributed by atoms with Gasteiger partial charge in [0.05, 0.1) is 24.1 Å². The van der Waals surface area contributed by atoms with Crippen LogP contribution in [0.15, 0.2) is 42.7 Å². The second kappa shape index (κ2) is 9.94. The average molecular weight is 465 g/mol. The van der Waals surface area contributed by atoms with E-state index in [2.05, 4.69) is 32.7 Å². The summed E-state index contributed by atoms with van der Waals surface area (Å²) in [6.45, 7) is 3.35. The summed E-state index contributed by atoms with van der Waals surface area (Å²) in [4.78, 5) is 41.9. The first-order valence-electron chi connectivity index (χ1n) is 11.4. The van der Waals surface area contributed by atoms with Crippen LogP contribution in [0.1, 0.15) is 59.2 Å². The van der Waals surface area contributed by atoms with E-state index in [1.165, 1.54) is 36.9 Å². The molecule has 1 saturated carbocycles. The number of para-hydroxylation sites is 1. The topological polar surface area (TPSA) is 129 Å². The van der Waals surface area contributed by atoms with Crippen LogP contribution in [0.25, 0.3) is 10.9 Å². The van der Waals surface area contributed by atoms with Crippen molar-refractivity contribution in [2.24, 2.45) is 0 Å². The van der Waals surface area contributed by atoms with Gasteiger partial charge in [0.1, 0.15) is 0 Å². The number of aromatic amines is 1. The van der Waals surface area contributed by atoms with Crippen LogP contribution < -0.4 is 0 Å². The molecule has 178 valence electrons. The van der Waals surface area contributed by atoms with Crippen molar-refractivity contribution in [3.05, 3.63) is 65.4 Å². The first-order chi connectivity index (χ1) is 16.4. The van der Waals surface area contributed by atoms with Gasteiger partial charge in [-0.2, -0.15) is 0 Å². The number of aryl methyl sites for hydroxylation is 1. The number of aromatic nitrogens is 3. The number of rotatable bonds is 5. The molecular weight excluding hydrogens is 436 g/mol. The van der Waals surface area contributed by atoms with E-state index in [4.69, 9.17) is 10.2 Å². The fourth-order valence-electron chi connectivity index (χ4n) is 4.90. The highest BCUT2D eigenvalue weighted by Gasteiger charge is 2.33. The molecular formula is C25H28N4O5. The van der Waals surface area contributed by atoms with E-state index < -0.39 is 11.9 Å². The molecule has 9 heteroatoms. The molecule has 2 aromatic heterocycles. The number of fused-ring (bicyclic) bond motifs is 3. The minimum Gasteiger partial charge on any atom is -0.478 e. The number of carbonyl (C=O) groups excluding carboxylic acids is 1. The van der Waals surface area contributed by atoms with Gasteiger partial charge in [-0.05, 0) is 25.8 Å². The Kier molecular flexibility index (Phi) is 6.81. The van der Waals surface area contributed by atoms with Crippen LogP contribution in [0.2, 0.25) is 0 Å². The Balaban J connectivity index is 0.000000297. The van der Waals surface area contributed by atoms with E-state index in [1.54, 1.807) is 6.33 Å². The normalized spacial score (nSPS) is 16.0. The Morgan fingerprint density at radius 2 is 1.82 bits per heavy atom. The Labute approximate surface area is 196 Å². The number of hydrogen-bond acceptors (Lipinski definition) is 4. The number of benzene rings is 1. The molecule has 0 saturated heterocycles. The third-order valence-corrected chi connectivity index (χ3v) is 6.47. The number of aliphatic carboxylic acids is 2. The van der Waals surface area contributed by atoms with Crippen molar-refractivity contribution in [1.29, 1.82) is 0 Å². The van der Waals surface area contributed by atoms with Crippen LogP contribution in [-0.4, -0.2) is 54.0 Å². The number of carboxylic acids is 2. The van der Waals surface area contributed by atoms with Crippen LogP contribution in [-0.2, 0) is 22.6 Å². The van der Waals surface area contributed by atoms with Gasteiger partial charge in [-0.15, -0.1) is 0 Å². The van der Waals surface area contributed by atoms with Gasteiger partial charge >= 0.3 is 11.9 Å². The molecule has 1 aromatic carbocycles. The summed E-state index contributed by atoms with van der Waals surface area (Å²) >= 11 is 0. The third kappa shape index (κ3) is 4.73. The van der Waals surface area contributed by atoms with E-state index in [0.29, 0.717) is 24.7 Å². The highest BCUT2D eigenvalue weighted by atomic mass is 16.4. The van der Waals surface area contributed by atoms with Crippen molar-refractivity contribution in [2.45, 2.75) is 51.6 Å². The van der Waals surface area contributed by atoms with E-state index >= 15 is 0 Å². The molecule has 1 aliphatic carbocycles. The standard InChI is InChI=1S/C21H24N4O.C4H4O4/c1-14-17(23-13-22-14)12-24-11-10-19-20(21(24)26)16-8-4-5-9-18(16)25(19)15-6-2-3-7-15;5-3(6)1-2-4(7)8/h4-5,8-9,13,15H,2-3,6-7,10-12H2,1H3,(H,22,23);1-2H,(H,5,6)(H,7,8). The first kappa shape index (κ1) is 23.3. The summed E-state index contributed by atoms with van der Waals surface area (Å²) in [5.41, 5.74) is 5.40. The number of hydrogen-bond donors (Lipinski definition) is 3. The molecule has 1 amide bonds. The predicted molar refractivity (Wildman–Crippen MR) is 126 cm³/mol. The molecule has 0 radical (unpaired) electrons. The van der Waals surface area contributed by atoms with E-state index in [9.17, 15) is 14.4 Å². The minimum atomic E-state index is -1.26. The molecule has 5 rings (SSSR count). The lowest BCUT2D eigenvalue weighted by Gasteiger charge is -2.29. The van der Waals surface area contributed by atoms with E-state index in [1.807, 2.05) is 17.9 Å². The molecule has 2 aliphatic rings. The second-order valence-corrected chi connectivity index (χ2v) is 8.61. The highest BCUT2D eigenvalue weighted by molar-refractivity contribution is 6.09. The molecule has 0 unspecified atom stereocenters. The monoisotopic (exact) mass is 464 g/mol. The van der Waals surface area contributed by atoms with Crippen molar-refractivity contribution in [3.63, 3.8) is 0 Å². The van der Waals surface area contributed by atoms with Crippen LogP contribution in [0.4, 0.5) is 0 Å². The quantitative estimate of drug-likeness (QED) is 0.494. The van der Waals surface area contributed by atoms with E-state index in [0.717, 1.165) is 35.3 Å². The maximum Gasteiger partial charge on any atom is 0.328 e. The lowest BCUT2D eigenvalue weighted by atomic mass is 10.0. The fraction of sp³-hybridized carbons (Fsp3) is 0.360. The number of carboxylic acid groups (broad SMARTS) is 2. The summed E-state index contributed by atoms with van der Waals surface area (Å²) in [5, 5.41) is 16.7. The molecule has 34 heavy (non-hydrogen) atoms. The fourth-order valence-corrected chi connectivity index (χ4v) is 4.90. The summed E-state index contributed by atoms with van der Waals surface area (Å²) in [7, 11) is 0. The molecule has 1 aliphatic heterocycles. The zero-order valence-corrected chi connectivity index (χ0v) is 19.0. The number of H-pyrrole nitrogens is 1. The zero-order valence-electron chi connectivity index (χ0n) is 19.0. The van der Waals surface area contributed by atoms with Crippen LogP contribution in [0.3, 0.4) is 0 Å². The predicted octanol–water partition coefficient (Wildman–Crippen LogP) is 3.70. The molecule has 9 nitrogen and oxygen atoms in total. The molecule has 1 fully saturated rings. The summed E-state index contributed by atoms with van der Waals surface area (Å²) in [6.07, 6.45) is 8.80. The lowest BCUT2D eigenvalue weighted by Crippen LogP contribution is -2.37. The highest BCUT2D eigenvalue weighted by Crippen LogP contribution is 2.39. The second-order valence-electron chi connectivity index (χ2n) is 8.61. The van der Waals surface area contributed by atoms with Crippen molar-refractivity contribution in [1.82, 2.24) is 19.4 Å². The Morgan fingerprint density at radius 3 is 2.44 bits per heavy atom. The van der Waals surface area contributed by atoms with Crippen molar-refractivity contribution in [3.8, 4) is 0 Å². The molecule has 3 N–H and O–H groups in total. The Bertz CT molecular complexity index is 1230. The van der Waals surface area contributed by atoms with Gasteiger partial charge in [0, 0.05) is 53.5 Å². The number of nitrogens with one attached hydrogen (secondary N) is 1. The van der Waals surface area contributed by atoms with Crippen LogP contribution in [0, 0.1) is 6.92 Å². The maximum absolute atomic E-state index is 13.4. The lowest BCUT2D eigenvalue weighted by molar-refractivity contribution is -0.134. The smallest absolute Gasteiger partial charge is 0.328 e. The van der Waals surface area contributed by atoms with Crippen molar-refractivity contribution < 1.29 is 24.6 Å². The number of imidazole rings is 1. The Morgan fingerprint density at radius 1 is 1.15 bits per heavy atom. The molecule has 0 atom stereocenters. The first-order valence-corrected chi connectivity index (χ1v) is 11.4. The minimum absolute atomic E-state index is 0.154. The van der Waals surface area contributed by atoms with Gasteiger partial charge in [0.2, 0.25) is 0 Å². The van der Waals surface area contributed by atoms with Gasteiger partial charge in [-0.3, -0.25) is 4.79 Å². The average Bonchev–Trinajstić information content (AvgIpc) is 3.54. The summed E-state index contributed by atoms with van der Waals surface area (Å²) in [5.74, 6) is -2.36. The number of nitrogens with zero attached hydrogens (tertiary/aromatic N) is 3. The van der Waals surface area contributed by atoms with Gasteiger partial charge in [0.25, 0.3) is 5.91 Å². The zero-order chi connectivity index (χ0) is 24.2. The summed E-state index contributed by atoms with van der Waals surface area (Å²) < 4.78 is 2.49. The summed E-state index contributed by atoms with van der Waals surface area (Å²) in [6, 6.07) is 8.99. The molecule has 3 heterocycles. The Hall–Kier alpha value is -3.88. The third-order valence-electron chi connectivity index (χ3n) is 6.47. The van der Waals surface area contributed by atoms with Gasteiger partial charge in [-0.1, -0.05) is 31.0 Å². The van der Waals surface area contributed by atoms with Gasteiger partial charge in [0.15, 0.2) is 0 Å². The van der Waals surface area contributed by atoms with Crippen molar-refractivity contribution >= 4 is 28.7 Å².